The minimum Gasteiger partial charge on any atom is -0.478 e. The van der Waals surface area contributed by atoms with Crippen molar-refractivity contribution in [1.82, 2.24) is 15.3 Å². The van der Waals surface area contributed by atoms with Gasteiger partial charge in [-0.15, -0.1) is 0 Å². The topological polar surface area (TPSA) is 116 Å². The molecule has 0 fully saturated rings. The summed E-state index contributed by atoms with van der Waals surface area (Å²) in [6, 6.07) is 18.1. The Morgan fingerprint density at radius 3 is 2.39 bits per heavy atom. The molecule has 3 rings (SSSR count). The number of hydrogen-bond donors (Lipinski definition) is 4. The van der Waals surface area contributed by atoms with E-state index in [0.717, 1.165) is 24.8 Å². The first-order valence-electron chi connectivity index (χ1n) is 11.0. The molecule has 0 bridgehead atoms. The second-order valence-corrected chi connectivity index (χ2v) is 7.66. The zero-order chi connectivity index (χ0) is 23.5. The summed E-state index contributed by atoms with van der Waals surface area (Å²) >= 11 is 0. The molecule has 0 aliphatic heterocycles. The highest BCUT2D eigenvalue weighted by molar-refractivity contribution is 5.94. The van der Waals surface area contributed by atoms with Gasteiger partial charge in [-0.1, -0.05) is 55.8 Å². The third kappa shape index (κ3) is 7.69. The number of anilines is 2. The van der Waals surface area contributed by atoms with E-state index in [2.05, 4.69) is 45.0 Å². The molecule has 0 spiro atoms. The Hall–Kier alpha value is -3.78. The highest BCUT2D eigenvalue weighted by Gasteiger charge is 2.17. The molecule has 1 heterocycles. The standard InChI is InChI=1S/C25H29N5O3/c1-2-6-21(26-14-13-18-7-4-3-5-8-18)24(31)30-23-15-22(28-17-29-23)27-16-19-9-11-20(12-10-19)25(32)33/h3-5,7-12,15,17,21,26H,2,6,13-14,16H2,1H3,(H,32,33)(H2,27,28,29,30,31). The molecule has 0 saturated carbocycles. The Labute approximate surface area is 193 Å². The summed E-state index contributed by atoms with van der Waals surface area (Å²) in [4.78, 5) is 32.1. The Morgan fingerprint density at radius 2 is 1.70 bits per heavy atom. The van der Waals surface area contributed by atoms with E-state index in [1.165, 1.54) is 11.9 Å². The molecule has 0 saturated heterocycles. The molecule has 2 aromatic carbocycles. The Bertz CT molecular complexity index is 1040. The molecule has 1 atom stereocenters. The van der Waals surface area contributed by atoms with E-state index < -0.39 is 5.97 Å². The Kier molecular flexibility index (Phi) is 8.90. The number of rotatable bonds is 12. The summed E-state index contributed by atoms with van der Waals surface area (Å²) in [6.07, 6.45) is 3.85. The molecule has 8 heteroatoms. The lowest BCUT2D eigenvalue weighted by atomic mass is 10.1. The maximum atomic E-state index is 12.8. The van der Waals surface area contributed by atoms with Crippen LogP contribution in [0, 0.1) is 0 Å². The van der Waals surface area contributed by atoms with Crippen LogP contribution < -0.4 is 16.0 Å². The molecule has 0 radical (unpaired) electrons. The van der Waals surface area contributed by atoms with Crippen molar-refractivity contribution >= 4 is 23.5 Å². The van der Waals surface area contributed by atoms with Gasteiger partial charge in [-0.05, 0) is 42.6 Å². The summed E-state index contributed by atoms with van der Waals surface area (Å²) in [5.41, 5.74) is 2.38. The lowest BCUT2D eigenvalue weighted by Crippen LogP contribution is -2.41. The van der Waals surface area contributed by atoms with Gasteiger partial charge in [-0.25, -0.2) is 14.8 Å². The lowest BCUT2D eigenvalue weighted by molar-refractivity contribution is -0.118. The fraction of sp³-hybridized carbons (Fsp3) is 0.280. The predicted molar refractivity (Wildman–Crippen MR) is 128 cm³/mol. The number of nitrogens with one attached hydrogen (secondary N) is 3. The van der Waals surface area contributed by atoms with Crippen LogP contribution in [-0.2, 0) is 17.8 Å². The quantitative estimate of drug-likeness (QED) is 0.334. The number of carbonyl (C=O) groups excluding carboxylic acids is 1. The van der Waals surface area contributed by atoms with Crippen LogP contribution in [0.3, 0.4) is 0 Å². The summed E-state index contributed by atoms with van der Waals surface area (Å²) < 4.78 is 0. The number of carboxylic acid groups (broad SMARTS) is 1. The Balaban J connectivity index is 1.53. The van der Waals surface area contributed by atoms with Crippen molar-refractivity contribution in [3.05, 3.63) is 83.7 Å². The number of aromatic nitrogens is 2. The molecule has 172 valence electrons. The van der Waals surface area contributed by atoms with E-state index >= 15 is 0 Å². The van der Waals surface area contributed by atoms with Crippen molar-refractivity contribution in [2.45, 2.75) is 38.8 Å². The second-order valence-electron chi connectivity index (χ2n) is 7.66. The normalized spacial score (nSPS) is 11.5. The van der Waals surface area contributed by atoms with Gasteiger partial charge in [0.1, 0.15) is 18.0 Å². The largest absolute Gasteiger partial charge is 0.478 e. The molecular formula is C25H29N5O3. The minimum atomic E-state index is -0.957. The number of carboxylic acids is 1. The fourth-order valence-electron chi connectivity index (χ4n) is 3.34. The number of hydrogen-bond acceptors (Lipinski definition) is 6. The van der Waals surface area contributed by atoms with Crippen LogP contribution in [0.5, 0.6) is 0 Å². The smallest absolute Gasteiger partial charge is 0.335 e. The molecule has 0 aliphatic carbocycles. The predicted octanol–water partition coefficient (Wildman–Crippen LogP) is 3.73. The van der Waals surface area contributed by atoms with Crippen LogP contribution in [0.2, 0.25) is 0 Å². The van der Waals surface area contributed by atoms with Crippen LogP contribution >= 0.6 is 0 Å². The van der Waals surface area contributed by atoms with Crippen molar-refractivity contribution in [2.24, 2.45) is 0 Å². The van der Waals surface area contributed by atoms with Gasteiger partial charge >= 0.3 is 5.97 Å². The van der Waals surface area contributed by atoms with Crippen molar-refractivity contribution in [3.63, 3.8) is 0 Å². The van der Waals surface area contributed by atoms with Crippen LogP contribution in [0.4, 0.5) is 11.6 Å². The number of amides is 1. The second kappa shape index (κ2) is 12.3. The molecule has 1 amide bonds. The van der Waals surface area contributed by atoms with Crippen LogP contribution in [0.1, 0.15) is 41.3 Å². The molecule has 4 N–H and O–H groups in total. The molecule has 1 unspecified atom stereocenters. The van der Waals surface area contributed by atoms with E-state index in [1.54, 1.807) is 30.3 Å². The van der Waals surface area contributed by atoms with Gasteiger partial charge in [0.2, 0.25) is 5.91 Å². The maximum absolute atomic E-state index is 12.8. The van der Waals surface area contributed by atoms with E-state index in [0.29, 0.717) is 24.7 Å². The van der Waals surface area contributed by atoms with Gasteiger partial charge in [-0.2, -0.15) is 0 Å². The van der Waals surface area contributed by atoms with E-state index in [-0.39, 0.29) is 17.5 Å². The molecule has 1 aromatic heterocycles. The van der Waals surface area contributed by atoms with Crippen molar-refractivity contribution < 1.29 is 14.7 Å². The van der Waals surface area contributed by atoms with Crippen LogP contribution in [0.25, 0.3) is 0 Å². The summed E-state index contributed by atoms with van der Waals surface area (Å²) in [5.74, 6) is -0.100. The molecule has 33 heavy (non-hydrogen) atoms. The number of nitrogens with zero attached hydrogens (tertiary/aromatic N) is 2. The SMILES string of the molecule is CCCC(NCCc1ccccc1)C(=O)Nc1cc(NCc2ccc(C(=O)O)cc2)ncn1. The highest BCUT2D eigenvalue weighted by Crippen LogP contribution is 2.12. The van der Waals surface area contributed by atoms with Gasteiger partial charge in [0, 0.05) is 12.6 Å². The molecular weight excluding hydrogens is 418 g/mol. The zero-order valence-corrected chi connectivity index (χ0v) is 18.6. The molecule has 3 aromatic rings. The first-order chi connectivity index (χ1) is 16.0. The Morgan fingerprint density at radius 1 is 0.970 bits per heavy atom. The average molecular weight is 448 g/mol. The third-order valence-corrected chi connectivity index (χ3v) is 5.13. The van der Waals surface area contributed by atoms with Crippen molar-refractivity contribution in [1.29, 1.82) is 0 Å². The maximum Gasteiger partial charge on any atom is 0.335 e. The van der Waals surface area contributed by atoms with E-state index in [9.17, 15) is 9.59 Å². The van der Waals surface area contributed by atoms with Gasteiger partial charge in [-0.3, -0.25) is 4.79 Å². The average Bonchev–Trinajstić information content (AvgIpc) is 2.83. The van der Waals surface area contributed by atoms with Gasteiger partial charge in [0.15, 0.2) is 0 Å². The molecule has 0 aliphatic rings. The van der Waals surface area contributed by atoms with Gasteiger partial charge in [0.25, 0.3) is 0 Å². The lowest BCUT2D eigenvalue weighted by Gasteiger charge is -2.18. The van der Waals surface area contributed by atoms with Crippen LogP contribution in [0.15, 0.2) is 67.0 Å². The van der Waals surface area contributed by atoms with Gasteiger partial charge < -0.3 is 21.1 Å². The van der Waals surface area contributed by atoms with Crippen molar-refractivity contribution in [3.8, 4) is 0 Å². The number of carbonyl (C=O) groups is 2. The summed E-state index contributed by atoms with van der Waals surface area (Å²) in [6.45, 7) is 3.22. The zero-order valence-electron chi connectivity index (χ0n) is 18.6. The summed E-state index contributed by atoms with van der Waals surface area (Å²) in [7, 11) is 0. The number of benzene rings is 2. The fourth-order valence-corrected chi connectivity index (χ4v) is 3.34. The summed E-state index contributed by atoms with van der Waals surface area (Å²) in [5, 5.41) is 18.4. The van der Waals surface area contributed by atoms with E-state index in [4.69, 9.17) is 5.11 Å². The monoisotopic (exact) mass is 447 g/mol. The van der Waals surface area contributed by atoms with Gasteiger partial charge in [0.05, 0.1) is 11.6 Å². The minimum absolute atomic E-state index is 0.126. The molecule has 8 nitrogen and oxygen atoms in total. The first kappa shape index (κ1) is 23.9. The van der Waals surface area contributed by atoms with Crippen LogP contribution in [-0.4, -0.2) is 39.5 Å². The van der Waals surface area contributed by atoms with Crippen molar-refractivity contribution in [2.75, 3.05) is 17.2 Å². The number of aromatic carboxylic acids is 1. The third-order valence-electron chi connectivity index (χ3n) is 5.13. The van der Waals surface area contributed by atoms with E-state index in [1.807, 2.05) is 18.2 Å². The first-order valence-corrected chi connectivity index (χ1v) is 11.0. The highest BCUT2D eigenvalue weighted by atomic mass is 16.4.